The molecule has 164 valence electrons. The summed E-state index contributed by atoms with van der Waals surface area (Å²) in [5.74, 6) is -0.378. The Hall–Kier alpha value is -2.92. The molecule has 0 aliphatic carbocycles. The maximum atomic E-state index is 12.3. The number of nitriles is 1. The zero-order valence-electron chi connectivity index (χ0n) is 18.2. The summed E-state index contributed by atoms with van der Waals surface area (Å²) in [6, 6.07) is 14.3. The first kappa shape index (κ1) is 22.8. The lowest BCUT2D eigenvalue weighted by Gasteiger charge is -2.26. The molecule has 2 aromatic carbocycles. The van der Waals surface area contributed by atoms with Crippen LogP contribution in [0.4, 0.5) is 5.69 Å². The molecule has 0 radical (unpaired) electrons. The number of rotatable bonds is 9. The molecule has 1 aliphatic rings. The minimum atomic E-state index is -0.378. The lowest BCUT2D eigenvalue weighted by Crippen LogP contribution is -2.38. The van der Waals surface area contributed by atoms with Crippen LogP contribution in [0.3, 0.4) is 0 Å². The van der Waals surface area contributed by atoms with Crippen molar-refractivity contribution in [2.24, 2.45) is 0 Å². The van der Waals surface area contributed by atoms with Gasteiger partial charge in [-0.05, 0) is 47.0 Å². The van der Waals surface area contributed by atoms with Crippen molar-refractivity contribution < 1.29 is 14.3 Å². The minimum absolute atomic E-state index is 0.122. The Bertz CT molecular complexity index is 974. The molecular weight excluding hydrogens is 392 g/mol. The Balaban J connectivity index is 1.68. The van der Waals surface area contributed by atoms with E-state index in [1.165, 1.54) is 0 Å². The van der Waals surface area contributed by atoms with E-state index in [9.17, 15) is 10.1 Å². The number of methoxy groups -OCH3 is 1. The molecule has 1 fully saturated rings. The highest BCUT2D eigenvalue weighted by molar-refractivity contribution is 6.05. The number of anilines is 1. The SMILES string of the molecule is COCCNC(=O)/C(C#N)=C(\C)c1ccc2cc(NCCN3CCOCC3)ccc2c1. The number of morpholine rings is 1. The molecular formula is C24H30N4O3. The van der Waals surface area contributed by atoms with Crippen LogP contribution >= 0.6 is 0 Å². The van der Waals surface area contributed by atoms with Crippen molar-refractivity contribution in [1.82, 2.24) is 10.2 Å². The highest BCUT2D eigenvalue weighted by Crippen LogP contribution is 2.25. The van der Waals surface area contributed by atoms with Gasteiger partial charge >= 0.3 is 0 Å². The number of amides is 1. The van der Waals surface area contributed by atoms with E-state index in [1.807, 2.05) is 24.3 Å². The molecule has 1 aliphatic heterocycles. The third kappa shape index (κ3) is 6.28. The number of hydrogen-bond acceptors (Lipinski definition) is 6. The van der Waals surface area contributed by atoms with Crippen LogP contribution in [0.25, 0.3) is 16.3 Å². The van der Waals surface area contributed by atoms with Crippen LogP contribution in [0.15, 0.2) is 42.0 Å². The minimum Gasteiger partial charge on any atom is -0.384 e. The van der Waals surface area contributed by atoms with Gasteiger partial charge in [0.15, 0.2) is 0 Å². The third-order valence-corrected chi connectivity index (χ3v) is 5.44. The number of nitrogens with zero attached hydrogens (tertiary/aromatic N) is 2. The van der Waals surface area contributed by atoms with Crippen LogP contribution in [0, 0.1) is 11.3 Å². The van der Waals surface area contributed by atoms with E-state index in [0.717, 1.165) is 61.4 Å². The second kappa shape index (κ2) is 11.5. The van der Waals surface area contributed by atoms with Gasteiger partial charge in [-0.1, -0.05) is 18.2 Å². The van der Waals surface area contributed by atoms with Crippen LogP contribution in [0.1, 0.15) is 12.5 Å². The van der Waals surface area contributed by atoms with Crippen LogP contribution in [0.2, 0.25) is 0 Å². The fourth-order valence-corrected chi connectivity index (χ4v) is 3.58. The topological polar surface area (TPSA) is 86.6 Å². The summed E-state index contributed by atoms with van der Waals surface area (Å²) in [7, 11) is 1.57. The number of hydrogen-bond donors (Lipinski definition) is 2. The molecule has 0 saturated carbocycles. The van der Waals surface area contributed by atoms with Crippen molar-refractivity contribution in [2.45, 2.75) is 6.92 Å². The van der Waals surface area contributed by atoms with E-state index in [1.54, 1.807) is 14.0 Å². The van der Waals surface area contributed by atoms with Crippen molar-refractivity contribution in [1.29, 1.82) is 5.26 Å². The van der Waals surface area contributed by atoms with E-state index in [2.05, 4.69) is 33.7 Å². The normalized spacial score (nSPS) is 15.3. The molecule has 1 heterocycles. The van der Waals surface area contributed by atoms with Crippen LogP contribution in [-0.2, 0) is 14.3 Å². The number of carbonyl (C=O) groups excluding carboxylic acids is 1. The van der Waals surface area contributed by atoms with Crippen molar-refractivity contribution in [2.75, 3.05) is 65.0 Å². The number of allylic oxidation sites excluding steroid dienone is 1. The van der Waals surface area contributed by atoms with Gasteiger partial charge in [0.25, 0.3) is 5.91 Å². The molecule has 0 bridgehead atoms. The molecule has 0 aromatic heterocycles. The first-order valence-electron chi connectivity index (χ1n) is 10.6. The van der Waals surface area contributed by atoms with Gasteiger partial charge in [0.2, 0.25) is 0 Å². The lowest BCUT2D eigenvalue weighted by molar-refractivity contribution is -0.117. The zero-order valence-corrected chi connectivity index (χ0v) is 18.2. The molecule has 2 aromatic rings. The smallest absolute Gasteiger partial charge is 0.262 e. The quantitative estimate of drug-likeness (QED) is 0.367. The Labute approximate surface area is 183 Å². The van der Waals surface area contributed by atoms with E-state index in [0.29, 0.717) is 18.7 Å². The number of ether oxygens (including phenoxy) is 2. The largest absolute Gasteiger partial charge is 0.384 e. The Kier molecular flexibility index (Phi) is 8.42. The predicted octanol–water partition coefficient (Wildman–Crippen LogP) is 2.64. The van der Waals surface area contributed by atoms with Crippen molar-refractivity contribution >= 4 is 27.9 Å². The molecule has 7 nitrogen and oxygen atoms in total. The lowest BCUT2D eigenvalue weighted by atomic mass is 9.98. The fourth-order valence-electron chi connectivity index (χ4n) is 3.58. The fraction of sp³-hybridized carbons (Fsp3) is 0.417. The van der Waals surface area contributed by atoms with Crippen molar-refractivity contribution in [3.05, 3.63) is 47.5 Å². The van der Waals surface area contributed by atoms with Crippen LogP contribution in [0.5, 0.6) is 0 Å². The van der Waals surface area contributed by atoms with Crippen LogP contribution < -0.4 is 10.6 Å². The van der Waals surface area contributed by atoms with Gasteiger partial charge < -0.3 is 20.1 Å². The van der Waals surface area contributed by atoms with Gasteiger partial charge in [0.1, 0.15) is 11.6 Å². The third-order valence-electron chi connectivity index (χ3n) is 5.44. The molecule has 0 spiro atoms. The zero-order chi connectivity index (χ0) is 22.1. The van der Waals surface area contributed by atoms with E-state index >= 15 is 0 Å². The Morgan fingerprint density at radius 3 is 2.65 bits per heavy atom. The van der Waals surface area contributed by atoms with Gasteiger partial charge in [0.05, 0.1) is 19.8 Å². The summed E-state index contributed by atoms with van der Waals surface area (Å²) in [4.78, 5) is 14.7. The van der Waals surface area contributed by atoms with Gasteiger partial charge in [-0.2, -0.15) is 5.26 Å². The molecule has 0 atom stereocenters. The first-order chi connectivity index (χ1) is 15.1. The van der Waals surface area contributed by atoms with E-state index in [-0.39, 0.29) is 11.5 Å². The monoisotopic (exact) mass is 422 g/mol. The summed E-state index contributed by atoms with van der Waals surface area (Å²) in [6.07, 6.45) is 0. The average molecular weight is 423 g/mol. The van der Waals surface area contributed by atoms with Crippen molar-refractivity contribution in [3.8, 4) is 6.07 Å². The summed E-state index contributed by atoms with van der Waals surface area (Å²) in [6.45, 7) is 8.06. The highest BCUT2D eigenvalue weighted by atomic mass is 16.5. The maximum Gasteiger partial charge on any atom is 0.262 e. The molecule has 0 unspecified atom stereocenters. The summed E-state index contributed by atoms with van der Waals surface area (Å²) in [5, 5.41) is 17.9. The Morgan fingerprint density at radius 1 is 1.16 bits per heavy atom. The van der Waals surface area contributed by atoms with Gasteiger partial charge in [-0.15, -0.1) is 0 Å². The Morgan fingerprint density at radius 2 is 1.90 bits per heavy atom. The number of fused-ring (bicyclic) bond motifs is 1. The molecule has 31 heavy (non-hydrogen) atoms. The molecule has 3 rings (SSSR count). The van der Waals surface area contributed by atoms with E-state index in [4.69, 9.17) is 9.47 Å². The first-order valence-corrected chi connectivity index (χ1v) is 10.6. The standard InChI is InChI=1S/C24H30N4O3/c1-18(23(17-25)24(29)27-8-12-30-2)19-3-4-21-16-22(6-5-20(21)15-19)26-7-9-28-10-13-31-14-11-28/h3-6,15-16,26H,7-14H2,1-2H3,(H,27,29)/b23-18+. The molecule has 1 amide bonds. The summed E-state index contributed by atoms with van der Waals surface area (Å²) in [5.41, 5.74) is 2.72. The van der Waals surface area contributed by atoms with Crippen molar-refractivity contribution in [3.63, 3.8) is 0 Å². The average Bonchev–Trinajstić information content (AvgIpc) is 2.80. The molecule has 2 N–H and O–H groups in total. The summed E-state index contributed by atoms with van der Waals surface area (Å²) >= 11 is 0. The van der Waals surface area contributed by atoms with Gasteiger partial charge in [-0.3, -0.25) is 9.69 Å². The van der Waals surface area contributed by atoms with Gasteiger partial charge in [0, 0.05) is 45.5 Å². The number of nitrogens with one attached hydrogen (secondary N) is 2. The second-order valence-corrected chi connectivity index (χ2v) is 7.52. The summed E-state index contributed by atoms with van der Waals surface area (Å²) < 4.78 is 10.3. The van der Waals surface area contributed by atoms with Gasteiger partial charge in [-0.25, -0.2) is 0 Å². The second-order valence-electron chi connectivity index (χ2n) is 7.52. The number of benzene rings is 2. The maximum absolute atomic E-state index is 12.3. The van der Waals surface area contributed by atoms with E-state index < -0.39 is 0 Å². The number of carbonyl (C=O) groups is 1. The predicted molar refractivity (Wildman–Crippen MR) is 123 cm³/mol. The molecule has 1 saturated heterocycles. The van der Waals surface area contributed by atoms with Crippen LogP contribution in [-0.4, -0.2) is 70.5 Å². The highest BCUT2D eigenvalue weighted by Gasteiger charge is 2.14. The molecule has 7 heteroatoms.